The molecule has 0 saturated heterocycles. The zero-order chi connectivity index (χ0) is 34.7. The number of ether oxygens (including phenoxy) is 2. The van der Waals surface area contributed by atoms with Gasteiger partial charge in [-0.15, -0.1) is 0 Å². The standard InChI is InChI=1S/C38H45N3O6S/c1-6-7-22-39-38(43)35(24-30-13-9-8-10-14-30)40(26-31-15-11-12-29(3)23-31)37(42)27-41(34-25-32(46-4)18-21-36(34)47-5)48(44,45)33-19-16-28(2)17-20-33/h8-21,23,25,35H,6-7,22,24,26-27H2,1-5H3,(H,39,43)/t35-/m1/s1. The summed E-state index contributed by atoms with van der Waals surface area (Å²) in [6.07, 6.45) is 1.92. The van der Waals surface area contributed by atoms with Gasteiger partial charge in [-0.05, 0) is 55.7 Å². The number of hydrogen-bond donors (Lipinski definition) is 1. The topological polar surface area (TPSA) is 105 Å². The summed E-state index contributed by atoms with van der Waals surface area (Å²) in [5, 5.41) is 3.01. The van der Waals surface area contributed by atoms with Crippen LogP contribution in [-0.2, 0) is 32.6 Å². The third kappa shape index (κ3) is 9.16. The Morgan fingerprint density at radius 2 is 1.52 bits per heavy atom. The van der Waals surface area contributed by atoms with Crippen molar-refractivity contribution in [2.24, 2.45) is 0 Å². The second-order valence-corrected chi connectivity index (χ2v) is 13.6. The van der Waals surface area contributed by atoms with Crippen LogP contribution in [0.1, 0.15) is 42.0 Å². The van der Waals surface area contributed by atoms with Crippen LogP contribution in [0.3, 0.4) is 0 Å². The van der Waals surface area contributed by atoms with E-state index in [2.05, 4.69) is 5.32 Å². The molecule has 0 radical (unpaired) electrons. The van der Waals surface area contributed by atoms with E-state index in [1.165, 1.54) is 37.3 Å². The number of carbonyl (C=O) groups is 2. The van der Waals surface area contributed by atoms with E-state index in [0.717, 1.165) is 39.4 Å². The second-order valence-electron chi connectivity index (χ2n) is 11.7. The molecule has 4 aromatic carbocycles. The van der Waals surface area contributed by atoms with Crippen molar-refractivity contribution in [1.82, 2.24) is 10.2 Å². The monoisotopic (exact) mass is 671 g/mol. The maximum absolute atomic E-state index is 14.7. The molecule has 0 aromatic heterocycles. The lowest BCUT2D eigenvalue weighted by molar-refractivity contribution is -0.140. The summed E-state index contributed by atoms with van der Waals surface area (Å²) < 4.78 is 40.9. The fourth-order valence-electron chi connectivity index (χ4n) is 5.41. The Bertz CT molecular complexity index is 1780. The van der Waals surface area contributed by atoms with Gasteiger partial charge in [0.2, 0.25) is 11.8 Å². The predicted octanol–water partition coefficient (Wildman–Crippen LogP) is 6.07. The molecule has 0 bridgehead atoms. The lowest BCUT2D eigenvalue weighted by atomic mass is 10.0. The van der Waals surface area contributed by atoms with E-state index in [-0.39, 0.29) is 35.2 Å². The van der Waals surface area contributed by atoms with Gasteiger partial charge in [0.15, 0.2) is 0 Å². The molecule has 48 heavy (non-hydrogen) atoms. The van der Waals surface area contributed by atoms with Crippen molar-refractivity contribution in [3.8, 4) is 11.5 Å². The highest BCUT2D eigenvalue weighted by atomic mass is 32.2. The van der Waals surface area contributed by atoms with Gasteiger partial charge in [-0.2, -0.15) is 0 Å². The maximum Gasteiger partial charge on any atom is 0.264 e. The lowest BCUT2D eigenvalue weighted by Crippen LogP contribution is -2.53. The first kappa shape index (κ1) is 36.0. The third-order valence-electron chi connectivity index (χ3n) is 8.08. The number of methoxy groups -OCH3 is 2. The van der Waals surface area contributed by atoms with Gasteiger partial charge in [0.05, 0.1) is 24.8 Å². The molecule has 1 atom stereocenters. The van der Waals surface area contributed by atoms with E-state index in [9.17, 15) is 18.0 Å². The average molecular weight is 672 g/mol. The van der Waals surface area contributed by atoms with E-state index in [1.54, 1.807) is 24.3 Å². The molecule has 0 aliphatic carbocycles. The van der Waals surface area contributed by atoms with Crippen LogP contribution < -0.4 is 19.1 Å². The highest BCUT2D eigenvalue weighted by Crippen LogP contribution is 2.36. The van der Waals surface area contributed by atoms with Crippen molar-refractivity contribution >= 4 is 27.5 Å². The molecular weight excluding hydrogens is 627 g/mol. The Labute approximate surface area is 284 Å². The highest BCUT2D eigenvalue weighted by Gasteiger charge is 2.35. The third-order valence-corrected chi connectivity index (χ3v) is 9.85. The Kier molecular flexibility index (Phi) is 12.6. The van der Waals surface area contributed by atoms with Crippen LogP contribution in [0.4, 0.5) is 5.69 Å². The van der Waals surface area contributed by atoms with Crippen LogP contribution in [0.15, 0.2) is 102 Å². The van der Waals surface area contributed by atoms with Gasteiger partial charge < -0.3 is 19.7 Å². The minimum absolute atomic E-state index is 0.00847. The molecule has 1 N–H and O–H groups in total. The molecule has 0 spiro atoms. The van der Waals surface area contributed by atoms with Crippen molar-refractivity contribution in [3.63, 3.8) is 0 Å². The number of nitrogens with one attached hydrogen (secondary N) is 1. The fraction of sp³-hybridized carbons (Fsp3) is 0.316. The van der Waals surface area contributed by atoms with Crippen LogP contribution in [0, 0.1) is 13.8 Å². The number of anilines is 1. The van der Waals surface area contributed by atoms with Gasteiger partial charge >= 0.3 is 0 Å². The smallest absolute Gasteiger partial charge is 0.264 e. The molecular formula is C38H45N3O6S. The van der Waals surface area contributed by atoms with Crippen molar-refractivity contribution in [2.45, 2.75) is 57.5 Å². The summed E-state index contributed by atoms with van der Waals surface area (Å²) in [6, 6.07) is 27.5. The van der Waals surface area contributed by atoms with E-state index in [4.69, 9.17) is 9.47 Å². The first-order valence-corrected chi connectivity index (χ1v) is 17.5. The number of carbonyl (C=O) groups excluding carboxylic acids is 2. The van der Waals surface area contributed by atoms with Gasteiger partial charge in [-0.25, -0.2) is 8.42 Å². The molecule has 2 amide bonds. The molecule has 254 valence electrons. The summed E-state index contributed by atoms with van der Waals surface area (Å²) >= 11 is 0. The van der Waals surface area contributed by atoms with Crippen molar-refractivity contribution in [1.29, 1.82) is 0 Å². The first-order valence-electron chi connectivity index (χ1n) is 16.1. The van der Waals surface area contributed by atoms with Crippen LogP contribution in [-0.4, -0.2) is 58.5 Å². The van der Waals surface area contributed by atoms with E-state index in [0.29, 0.717) is 12.3 Å². The van der Waals surface area contributed by atoms with Gasteiger partial charge in [-0.1, -0.05) is 91.2 Å². The molecule has 0 fully saturated rings. The molecule has 0 aliphatic rings. The summed E-state index contributed by atoms with van der Waals surface area (Å²) in [5.41, 5.74) is 3.70. The van der Waals surface area contributed by atoms with Crippen LogP contribution in [0.2, 0.25) is 0 Å². The quantitative estimate of drug-likeness (QED) is 0.145. The van der Waals surface area contributed by atoms with Crippen molar-refractivity contribution in [2.75, 3.05) is 31.6 Å². The molecule has 4 rings (SSSR count). The van der Waals surface area contributed by atoms with E-state index >= 15 is 0 Å². The molecule has 0 heterocycles. The largest absolute Gasteiger partial charge is 0.497 e. The number of hydrogen-bond acceptors (Lipinski definition) is 6. The Hall–Kier alpha value is -4.83. The Morgan fingerprint density at radius 1 is 0.812 bits per heavy atom. The normalized spacial score (nSPS) is 11.8. The number of sulfonamides is 1. The summed E-state index contributed by atoms with van der Waals surface area (Å²) in [4.78, 5) is 30.2. The van der Waals surface area contributed by atoms with E-state index < -0.39 is 28.5 Å². The number of amides is 2. The van der Waals surface area contributed by atoms with Crippen molar-refractivity contribution in [3.05, 3.63) is 119 Å². The highest BCUT2D eigenvalue weighted by molar-refractivity contribution is 7.92. The molecule has 4 aromatic rings. The van der Waals surface area contributed by atoms with Crippen LogP contribution in [0.25, 0.3) is 0 Å². The second kappa shape index (κ2) is 16.8. The summed E-state index contributed by atoms with van der Waals surface area (Å²) in [6.45, 7) is 5.81. The molecule has 0 saturated carbocycles. The fourth-order valence-corrected chi connectivity index (χ4v) is 6.83. The number of nitrogens with zero attached hydrogens (tertiary/aromatic N) is 2. The average Bonchev–Trinajstić information content (AvgIpc) is 3.09. The van der Waals surface area contributed by atoms with Crippen LogP contribution in [0.5, 0.6) is 11.5 Å². The number of rotatable bonds is 16. The molecule has 10 heteroatoms. The SMILES string of the molecule is CCCCNC(=O)[C@@H](Cc1ccccc1)N(Cc1cccc(C)c1)C(=O)CN(c1cc(OC)ccc1OC)S(=O)(=O)c1ccc(C)cc1. The zero-order valence-electron chi connectivity index (χ0n) is 28.3. The van der Waals surface area contributed by atoms with Crippen LogP contribution >= 0.6 is 0 Å². The maximum atomic E-state index is 14.7. The van der Waals surface area contributed by atoms with E-state index in [1.807, 2.05) is 75.4 Å². The number of aryl methyl sites for hydroxylation is 2. The Balaban J connectivity index is 1.85. The number of benzene rings is 4. The zero-order valence-corrected chi connectivity index (χ0v) is 29.1. The minimum Gasteiger partial charge on any atom is -0.497 e. The number of unbranched alkanes of at least 4 members (excludes halogenated alkanes) is 1. The Morgan fingerprint density at radius 3 is 2.17 bits per heavy atom. The van der Waals surface area contributed by atoms with Gasteiger partial charge in [-0.3, -0.25) is 13.9 Å². The van der Waals surface area contributed by atoms with Gasteiger partial charge in [0, 0.05) is 25.6 Å². The lowest BCUT2D eigenvalue weighted by Gasteiger charge is -2.34. The van der Waals surface area contributed by atoms with Crippen molar-refractivity contribution < 1.29 is 27.5 Å². The summed E-state index contributed by atoms with van der Waals surface area (Å²) in [5.74, 6) is -0.234. The minimum atomic E-state index is -4.31. The first-order chi connectivity index (χ1) is 23.1. The van der Waals surface area contributed by atoms with Gasteiger partial charge in [0.25, 0.3) is 10.0 Å². The predicted molar refractivity (Wildman–Crippen MR) is 189 cm³/mol. The van der Waals surface area contributed by atoms with Gasteiger partial charge in [0.1, 0.15) is 24.1 Å². The summed E-state index contributed by atoms with van der Waals surface area (Å²) in [7, 11) is -1.40. The molecule has 0 unspecified atom stereocenters. The molecule has 9 nitrogen and oxygen atoms in total. The molecule has 0 aliphatic heterocycles.